The molecule has 0 aromatic rings. The highest BCUT2D eigenvalue weighted by Gasteiger charge is 1.96. The average Bonchev–Trinajstić information content (AvgIpc) is 2.60. The first kappa shape index (κ1) is 23.3. The van der Waals surface area contributed by atoms with Crippen molar-refractivity contribution in [2.24, 2.45) is 0 Å². The topological polar surface area (TPSA) is 26.3 Å². The number of methoxy groups -OCH3 is 1. The number of unbranched alkanes of at least 4 members (excludes halogenated alkanes) is 11. The van der Waals surface area contributed by atoms with Crippen LogP contribution >= 0.6 is 11.8 Å². The maximum atomic E-state index is 10.9. The summed E-state index contributed by atoms with van der Waals surface area (Å²) < 4.78 is 4.60. The summed E-state index contributed by atoms with van der Waals surface area (Å²) in [5, 5.41) is 2.05. The lowest BCUT2D eigenvalue weighted by Gasteiger charge is -2.01. The average molecular weight is 355 g/mol. The summed E-state index contributed by atoms with van der Waals surface area (Å²) in [6, 6.07) is 0. The van der Waals surface area contributed by atoms with E-state index in [2.05, 4.69) is 22.8 Å². The maximum Gasteiger partial charge on any atom is 0.305 e. The Morgan fingerprint density at radius 1 is 0.917 bits per heavy atom. The fourth-order valence-electron chi connectivity index (χ4n) is 2.54. The van der Waals surface area contributed by atoms with E-state index in [4.69, 9.17) is 0 Å². The minimum atomic E-state index is -0.127. The highest BCUT2D eigenvalue weighted by molar-refractivity contribution is 8.02. The standard InChI is InChI=1S/C21H38O2S/c1-3-4-5-6-7-8-9-10-11-13-16-19-24-20-17-14-12-15-18-21(22)23-2/h14,20H,3-13,15-16,18-19H2,1-2H3. The Bertz CT molecular complexity index is 333. The number of carbonyl (C=O) groups excluding carboxylic acids is 1. The van der Waals surface area contributed by atoms with Crippen LogP contribution < -0.4 is 0 Å². The van der Waals surface area contributed by atoms with Crippen LogP contribution in [0.3, 0.4) is 0 Å². The molecular weight excluding hydrogens is 316 g/mol. The van der Waals surface area contributed by atoms with E-state index in [1.807, 2.05) is 17.8 Å². The quantitative estimate of drug-likeness (QED) is 0.159. The van der Waals surface area contributed by atoms with Crippen LogP contribution in [0.25, 0.3) is 0 Å². The molecule has 0 fully saturated rings. The van der Waals surface area contributed by atoms with Crippen LogP contribution in [-0.4, -0.2) is 18.8 Å². The van der Waals surface area contributed by atoms with Crippen molar-refractivity contribution in [3.63, 3.8) is 0 Å². The molecule has 0 rings (SSSR count). The molecular formula is C21H38O2S. The van der Waals surface area contributed by atoms with E-state index in [-0.39, 0.29) is 5.97 Å². The number of carbonyl (C=O) groups is 1. The molecule has 2 nitrogen and oxygen atoms in total. The van der Waals surface area contributed by atoms with E-state index in [1.165, 1.54) is 83.5 Å². The van der Waals surface area contributed by atoms with Gasteiger partial charge in [0.1, 0.15) is 0 Å². The Kier molecular flexibility index (Phi) is 19.8. The summed E-state index contributed by atoms with van der Waals surface area (Å²) in [6.45, 7) is 2.28. The van der Waals surface area contributed by atoms with Gasteiger partial charge in [-0.1, -0.05) is 71.1 Å². The van der Waals surface area contributed by atoms with Gasteiger partial charge in [-0.2, -0.15) is 0 Å². The zero-order valence-corrected chi connectivity index (χ0v) is 16.8. The van der Waals surface area contributed by atoms with Crippen molar-refractivity contribution in [3.8, 4) is 0 Å². The van der Waals surface area contributed by atoms with Gasteiger partial charge >= 0.3 is 5.97 Å². The van der Waals surface area contributed by atoms with Gasteiger partial charge in [0.15, 0.2) is 0 Å². The highest BCUT2D eigenvalue weighted by Crippen LogP contribution is 2.13. The van der Waals surface area contributed by atoms with E-state index in [0.717, 1.165) is 12.8 Å². The third-order valence-corrected chi connectivity index (χ3v) is 4.92. The second-order valence-electron chi connectivity index (χ2n) is 6.36. The van der Waals surface area contributed by atoms with Crippen LogP contribution in [0.1, 0.15) is 96.8 Å². The van der Waals surface area contributed by atoms with Crippen LogP contribution in [0.2, 0.25) is 0 Å². The van der Waals surface area contributed by atoms with E-state index in [0.29, 0.717) is 6.42 Å². The predicted octanol–water partition coefficient (Wildman–Crippen LogP) is 7.04. The minimum absolute atomic E-state index is 0.127. The third kappa shape index (κ3) is 19.4. The Labute approximate surface area is 154 Å². The zero-order chi connectivity index (χ0) is 17.7. The molecule has 0 aromatic heterocycles. The first-order valence-corrected chi connectivity index (χ1v) is 10.9. The monoisotopic (exact) mass is 354 g/mol. The summed E-state index contributed by atoms with van der Waals surface area (Å²) >= 11 is 1.84. The van der Waals surface area contributed by atoms with E-state index in [9.17, 15) is 4.79 Å². The molecule has 0 amide bonds. The molecule has 0 atom stereocenters. The van der Waals surface area contributed by atoms with E-state index >= 15 is 0 Å². The van der Waals surface area contributed by atoms with Gasteiger partial charge in [-0.05, 0) is 31.1 Å². The van der Waals surface area contributed by atoms with Crippen molar-refractivity contribution in [1.82, 2.24) is 0 Å². The molecule has 0 N–H and O–H groups in total. The molecule has 140 valence electrons. The summed E-state index contributed by atoms with van der Waals surface area (Å²) in [5.41, 5.74) is 3.18. The molecule has 0 aliphatic carbocycles. The number of ether oxygens (including phenoxy) is 1. The number of hydrogen-bond donors (Lipinski definition) is 0. The van der Waals surface area contributed by atoms with Crippen LogP contribution in [0, 0.1) is 0 Å². The molecule has 0 saturated heterocycles. The number of esters is 1. The van der Waals surface area contributed by atoms with Crippen molar-refractivity contribution in [3.05, 3.63) is 17.2 Å². The lowest BCUT2D eigenvalue weighted by molar-refractivity contribution is -0.140. The second kappa shape index (κ2) is 20.4. The van der Waals surface area contributed by atoms with Crippen molar-refractivity contribution in [2.45, 2.75) is 96.8 Å². The van der Waals surface area contributed by atoms with Crippen molar-refractivity contribution in [1.29, 1.82) is 0 Å². The summed E-state index contributed by atoms with van der Waals surface area (Å²) in [4.78, 5) is 10.9. The van der Waals surface area contributed by atoms with Gasteiger partial charge in [0.2, 0.25) is 0 Å². The molecule has 0 bridgehead atoms. The number of allylic oxidation sites excluding steroid dienone is 1. The lowest BCUT2D eigenvalue weighted by Crippen LogP contribution is -1.98. The molecule has 0 unspecified atom stereocenters. The smallest absolute Gasteiger partial charge is 0.305 e. The van der Waals surface area contributed by atoms with Gasteiger partial charge in [-0.3, -0.25) is 4.79 Å². The Morgan fingerprint density at radius 2 is 1.50 bits per heavy atom. The van der Waals surface area contributed by atoms with Crippen LogP contribution in [0.4, 0.5) is 0 Å². The van der Waals surface area contributed by atoms with Crippen molar-refractivity contribution < 1.29 is 9.53 Å². The van der Waals surface area contributed by atoms with E-state index < -0.39 is 0 Å². The lowest BCUT2D eigenvalue weighted by atomic mass is 10.1. The van der Waals surface area contributed by atoms with Crippen molar-refractivity contribution in [2.75, 3.05) is 12.9 Å². The van der Waals surface area contributed by atoms with Gasteiger partial charge in [-0.15, -0.1) is 17.5 Å². The molecule has 0 radical (unpaired) electrons. The van der Waals surface area contributed by atoms with Crippen LogP contribution in [0.5, 0.6) is 0 Å². The predicted molar refractivity (Wildman–Crippen MR) is 107 cm³/mol. The molecule has 24 heavy (non-hydrogen) atoms. The first-order valence-electron chi connectivity index (χ1n) is 9.89. The summed E-state index contributed by atoms with van der Waals surface area (Å²) in [6.07, 6.45) is 19.6. The van der Waals surface area contributed by atoms with Gasteiger partial charge in [0.05, 0.1) is 7.11 Å². The summed E-state index contributed by atoms with van der Waals surface area (Å²) in [5.74, 6) is 1.07. The Balaban J connectivity index is 3.19. The maximum absolute atomic E-state index is 10.9. The fraction of sp³-hybridized carbons (Fsp3) is 0.810. The van der Waals surface area contributed by atoms with Crippen LogP contribution in [-0.2, 0) is 9.53 Å². The normalized spacial score (nSPS) is 10.2. The molecule has 0 saturated carbocycles. The highest BCUT2D eigenvalue weighted by atomic mass is 32.2. The first-order chi connectivity index (χ1) is 11.8. The molecule has 0 heterocycles. The van der Waals surface area contributed by atoms with Gasteiger partial charge in [0.25, 0.3) is 0 Å². The minimum Gasteiger partial charge on any atom is -0.469 e. The molecule has 3 heteroatoms. The van der Waals surface area contributed by atoms with E-state index in [1.54, 1.807) is 0 Å². The van der Waals surface area contributed by atoms with Gasteiger partial charge < -0.3 is 4.74 Å². The van der Waals surface area contributed by atoms with Gasteiger partial charge in [0, 0.05) is 11.8 Å². The second-order valence-corrected chi connectivity index (χ2v) is 7.34. The van der Waals surface area contributed by atoms with Gasteiger partial charge in [-0.25, -0.2) is 0 Å². The molecule has 0 aliphatic heterocycles. The molecule has 0 spiro atoms. The zero-order valence-electron chi connectivity index (χ0n) is 16.0. The Morgan fingerprint density at radius 3 is 2.08 bits per heavy atom. The number of rotatable bonds is 17. The third-order valence-electron chi connectivity index (χ3n) is 4.09. The molecule has 0 aliphatic rings. The largest absolute Gasteiger partial charge is 0.469 e. The summed E-state index contributed by atoms with van der Waals surface area (Å²) in [7, 11) is 1.43. The fourth-order valence-corrected chi connectivity index (χ4v) is 3.22. The number of thioether (sulfide) groups is 1. The number of hydrogen-bond acceptors (Lipinski definition) is 3. The van der Waals surface area contributed by atoms with Crippen LogP contribution in [0.15, 0.2) is 17.2 Å². The molecule has 0 aromatic carbocycles. The SMILES string of the molecule is CCCCCCCCCCCCCSC=C=CCCCC(=O)OC. The Hall–Kier alpha value is -0.660. The van der Waals surface area contributed by atoms with Crippen molar-refractivity contribution >= 4 is 17.7 Å².